The molecule has 1 aromatic rings. The minimum Gasteiger partial charge on any atom is -0.312 e. The van der Waals surface area contributed by atoms with Gasteiger partial charge in [-0.15, -0.1) is 0 Å². The molecular weight excluding hydrogens is 364 g/mol. The largest absolute Gasteiger partial charge is 0.327 e. The summed E-state index contributed by atoms with van der Waals surface area (Å²) in [5, 5.41) is 0. The van der Waals surface area contributed by atoms with E-state index >= 15 is 0 Å². The summed E-state index contributed by atoms with van der Waals surface area (Å²) in [6.07, 6.45) is 4.99. The number of amides is 3. The summed E-state index contributed by atoms with van der Waals surface area (Å²) >= 11 is 0. The van der Waals surface area contributed by atoms with Gasteiger partial charge < -0.3 is 4.90 Å². The van der Waals surface area contributed by atoms with Crippen LogP contribution in [0.3, 0.4) is 0 Å². The number of hydrogen-bond donors (Lipinski definition) is 0. The summed E-state index contributed by atoms with van der Waals surface area (Å²) in [6.45, 7) is 8.37. The normalized spacial score (nSPS) is 33.1. The van der Waals surface area contributed by atoms with Crippen molar-refractivity contribution in [2.24, 2.45) is 17.3 Å². The Morgan fingerprint density at radius 3 is 2.14 bits per heavy atom. The second kappa shape index (κ2) is 7.92. The zero-order valence-corrected chi connectivity index (χ0v) is 18.4. The molecule has 3 unspecified atom stereocenters. The van der Waals surface area contributed by atoms with Crippen LogP contribution in [-0.2, 0) is 4.79 Å². The molecule has 3 rings (SSSR count). The van der Waals surface area contributed by atoms with Gasteiger partial charge in [0.15, 0.2) is 5.78 Å². The third-order valence-corrected chi connectivity index (χ3v) is 7.59. The molecule has 2 fully saturated rings. The first-order valence-corrected chi connectivity index (χ1v) is 10.8. The van der Waals surface area contributed by atoms with E-state index in [1.54, 1.807) is 36.2 Å². The van der Waals surface area contributed by atoms with Crippen molar-refractivity contribution in [2.75, 3.05) is 13.6 Å². The van der Waals surface area contributed by atoms with E-state index in [-0.39, 0.29) is 29.7 Å². The highest BCUT2D eigenvalue weighted by atomic mass is 16.2. The second-order valence-electron chi connectivity index (χ2n) is 9.42. The molecule has 2 aliphatic rings. The van der Waals surface area contributed by atoms with Crippen molar-refractivity contribution >= 4 is 17.7 Å². The van der Waals surface area contributed by atoms with Gasteiger partial charge in [0.25, 0.3) is 5.91 Å². The predicted molar refractivity (Wildman–Crippen MR) is 114 cm³/mol. The highest BCUT2D eigenvalue weighted by Crippen LogP contribution is 2.54. The molecule has 1 aliphatic heterocycles. The fraction of sp³-hybridized carbons (Fsp3) is 0.625. The monoisotopic (exact) mass is 398 g/mol. The van der Waals surface area contributed by atoms with Gasteiger partial charge >= 0.3 is 6.03 Å². The Morgan fingerprint density at radius 2 is 1.62 bits per heavy atom. The number of benzene rings is 1. The Balaban J connectivity index is 1.95. The molecule has 0 radical (unpaired) electrons. The van der Waals surface area contributed by atoms with Gasteiger partial charge in [0.2, 0.25) is 0 Å². The highest BCUT2D eigenvalue weighted by Gasteiger charge is 2.63. The maximum absolute atomic E-state index is 13.7. The number of hydrogen-bond acceptors (Lipinski definition) is 3. The average molecular weight is 399 g/mol. The van der Waals surface area contributed by atoms with Gasteiger partial charge in [0.05, 0.1) is 6.54 Å². The summed E-state index contributed by atoms with van der Waals surface area (Å²) < 4.78 is 0. The number of imide groups is 1. The molecule has 1 aliphatic carbocycles. The second-order valence-corrected chi connectivity index (χ2v) is 9.42. The number of urea groups is 1. The molecule has 5 heteroatoms. The average Bonchev–Trinajstić information content (AvgIpc) is 2.83. The number of carbonyl (C=O) groups is 3. The minimum absolute atomic E-state index is 0.202. The van der Waals surface area contributed by atoms with Crippen LogP contribution in [0.5, 0.6) is 0 Å². The summed E-state index contributed by atoms with van der Waals surface area (Å²) in [5.41, 5.74) is -0.692. The van der Waals surface area contributed by atoms with Gasteiger partial charge in [0, 0.05) is 18.0 Å². The summed E-state index contributed by atoms with van der Waals surface area (Å²) in [4.78, 5) is 42.4. The van der Waals surface area contributed by atoms with Crippen molar-refractivity contribution in [3.05, 3.63) is 35.9 Å². The molecule has 158 valence electrons. The van der Waals surface area contributed by atoms with E-state index in [1.165, 1.54) is 4.90 Å². The molecule has 1 saturated carbocycles. The fourth-order valence-electron chi connectivity index (χ4n) is 5.67. The molecule has 1 heterocycles. The number of ketones is 1. The molecule has 0 bridgehead atoms. The van der Waals surface area contributed by atoms with Gasteiger partial charge in [-0.25, -0.2) is 4.79 Å². The molecular formula is C24H34N2O3. The van der Waals surface area contributed by atoms with E-state index in [2.05, 4.69) is 20.8 Å². The number of rotatable bonds is 5. The van der Waals surface area contributed by atoms with Crippen molar-refractivity contribution in [1.82, 2.24) is 9.80 Å². The number of likely N-dealkylation sites (N-methyl/N-ethyl adjacent to an activating group) is 1. The van der Waals surface area contributed by atoms with Crippen LogP contribution < -0.4 is 0 Å². The minimum atomic E-state index is -0.928. The molecule has 5 nitrogen and oxygen atoms in total. The van der Waals surface area contributed by atoms with E-state index in [0.717, 1.165) is 32.1 Å². The predicted octanol–water partition coefficient (Wildman–Crippen LogP) is 4.76. The topological polar surface area (TPSA) is 57.7 Å². The van der Waals surface area contributed by atoms with E-state index in [4.69, 9.17) is 0 Å². The van der Waals surface area contributed by atoms with Gasteiger partial charge in [-0.1, -0.05) is 63.9 Å². The number of nitrogens with zero attached hydrogens (tertiary/aromatic N) is 2. The lowest BCUT2D eigenvalue weighted by molar-refractivity contribution is -0.140. The van der Waals surface area contributed by atoms with Crippen LogP contribution in [0.4, 0.5) is 4.79 Å². The number of carbonyl (C=O) groups excluding carboxylic acids is 3. The van der Waals surface area contributed by atoms with Gasteiger partial charge in [-0.2, -0.15) is 0 Å². The van der Waals surface area contributed by atoms with Crippen molar-refractivity contribution < 1.29 is 14.4 Å². The standard InChI is InChI=1S/C24H34N2O3/c1-6-24(14-17(2)12-13-18(3)15-24)23(4)21(28)26(22(29)25(23)5)16-20(27)19-10-8-7-9-11-19/h7-11,17-18H,6,12-16H2,1-5H3/t17-,18?,23?,24?/m0/s1. The molecule has 3 amide bonds. The molecule has 29 heavy (non-hydrogen) atoms. The third-order valence-electron chi connectivity index (χ3n) is 7.59. The summed E-state index contributed by atoms with van der Waals surface area (Å²) in [6, 6.07) is 8.50. The Hall–Kier alpha value is -2.17. The Labute approximate surface area is 174 Å². The van der Waals surface area contributed by atoms with Crippen LogP contribution >= 0.6 is 0 Å². The first kappa shape index (κ1) is 21.5. The van der Waals surface area contributed by atoms with Crippen LogP contribution in [0.1, 0.15) is 70.2 Å². The molecule has 0 spiro atoms. The van der Waals surface area contributed by atoms with Crippen LogP contribution in [0.2, 0.25) is 0 Å². The van der Waals surface area contributed by atoms with Crippen LogP contribution in [-0.4, -0.2) is 46.7 Å². The van der Waals surface area contributed by atoms with Crippen LogP contribution in [0.25, 0.3) is 0 Å². The van der Waals surface area contributed by atoms with Crippen LogP contribution in [0, 0.1) is 17.3 Å². The fourth-order valence-corrected chi connectivity index (χ4v) is 5.67. The quantitative estimate of drug-likeness (QED) is 0.408. The SMILES string of the molecule is CCC1(C2(C)C(=O)N(CC(=O)c3ccccc3)C(=O)N2C)CC(C)CC[C@H](C)C1. The Bertz CT molecular complexity index is 779. The third kappa shape index (κ3) is 3.49. The van der Waals surface area contributed by atoms with Gasteiger partial charge in [0.1, 0.15) is 5.54 Å². The van der Waals surface area contributed by atoms with E-state index < -0.39 is 5.54 Å². The van der Waals surface area contributed by atoms with Crippen molar-refractivity contribution in [3.63, 3.8) is 0 Å². The van der Waals surface area contributed by atoms with Crippen molar-refractivity contribution in [1.29, 1.82) is 0 Å². The summed E-state index contributed by atoms with van der Waals surface area (Å²) in [5.74, 6) is 0.580. The highest BCUT2D eigenvalue weighted by molar-refractivity contribution is 6.11. The van der Waals surface area contributed by atoms with Crippen molar-refractivity contribution in [2.45, 2.75) is 65.3 Å². The van der Waals surface area contributed by atoms with Crippen molar-refractivity contribution in [3.8, 4) is 0 Å². The molecule has 1 aromatic carbocycles. The summed E-state index contributed by atoms with van der Waals surface area (Å²) in [7, 11) is 1.73. The van der Waals surface area contributed by atoms with Gasteiger partial charge in [-0.05, 0) is 38.0 Å². The maximum atomic E-state index is 13.7. The maximum Gasteiger partial charge on any atom is 0.327 e. The van der Waals surface area contributed by atoms with Crippen LogP contribution in [0.15, 0.2) is 30.3 Å². The Morgan fingerprint density at radius 1 is 1.07 bits per heavy atom. The Kier molecular flexibility index (Phi) is 5.88. The lowest BCUT2D eigenvalue weighted by Crippen LogP contribution is -2.59. The van der Waals surface area contributed by atoms with E-state index in [1.807, 2.05) is 13.0 Å². The smallest absolute Gasteiger partial charge is 0.312 e. The first-order chi connectivity index (χ1) is 13.7. The number of Topliss-reactive ketones (excluding diaryl/α,β-unsaturated/α-hetero) is 1. The van der Waals surface area contributed by atoms with Gasteiger partial charge in [-0.3, -0.25) is 14.5 Å². The van der Waals surface area contributed by atoms with E-state index in [0.29, 0.717) is 17.4 Å². The molecule has 0 N–H and O–H groups in total. The first-order valence-electron chi connectivity index (χ1n) is 10.8. The lowest BCUT2D eigenvalue weighted by atomic mass is 9.61. The zero-order chi connectivity index (χ0) is 21.4. The zero-order valence-electron chi connectivity index (χ0n) is 18.4. The van der Waals surface area contributed by atoms with E-state index in [9.17, 15) is 14.4 Å². The molecule has 4 atom stereocenters. The molecule has 1 saturated heterocycles. The molecule has 0 aromatic heterocycles. The lowest BCUT2D eigenvalue weighted by Gasteiger charge is -2.49.